The van der Waals surface area contributed by atoms with Crippen molar-refractivity contribution in [3.8, 4) is 11.1 Å². The lowest BCUT2D eigenvalue weighted by Crippen LogP contribution is -2.21. The molecule has 24 heavy (non-hydrogen) atoms. The highest BCUT2D eigenvalue weighted by Crippen LogP contribution is 2.18. The Balaban J connectivity index is 1.64. The molecule has 4 rings (SSSR count). The monoisotopic (exact) mass is 314 g/mol. The molecule has 0 atom stereocenters. The van der Waals surface area contributed by atoms with Crippen LogP contribution in [0.1, 0.15) is 5.56 Å². The van der Waals surface area contributed by atoms with Gasteiger partial charge in [0.05, 0.1) is 11.9 Å². The van der Waals surface area contributed by atoms with E-state index in [1.165, 1.54) is 0 Å². The van der Waals surface area contributed by atoms with Gasteiger partial charge in [0.1, 0.15) is 6.33 Å². The predicted octanol–water partition coefficient (Wildman–Crippen LogP) is 2.90. The number of nitrogens with zero attached hydrogens (tertiary/aromatic N) is 4. The molecule has 116 valence electrons. The highest BCUT2D eigenvalue weighted by Gasteiger charge is 2.05. The van der Waals surface area contributed by atoms with Gasteiger partial charge in [-0.1, -0.05) is 24.3 Å². The Kier molecular flexibility index (Phi) is 3.59. The third kappa shape index (κ3) is 2.67. The smallest absolute Gasteiger partial charge is 0.263 e. The fraction of sp³-hybridized carbons (Fsp3) is 0.0526. The molecular formula is C19H14N4O. The molecule has 0 aliphatic rings. The zero-order valence-corrected chi connectivity index (χ0v) is 12.8. The van der Waals surface area contributed by atoms with Crippen LogP contribution in [0.15, 0.2) is 78.2 Å². The average Bonchev–Trinajstić information content (AvgIpc) is 2.66. The van der Waals surface area contributed by atoms with E-state index in [2.05, 4.69) is 15.0 Å². The topological polar surface area (TPSA) is 60.7 Å². The highest BCUT2D eigenvalue weighted by molar-refractivity contribution is 5.72. The number of rotatable bonds is 3. The van der Waals surface area contributed by atoms with Crippen molar-refractivity contribution < 1.29 is 0 Å². The number of benzene rings is 1. The maximum absolute atomic E-state index is 12.5. The zero-order chi connectivity index (χ0) is 16.4. The third-order valence-corrected chi connectivity index (χ3v) is 3.92. The van der Waals surface area contributed by atoms with Gasteiger partial charge >= 0.3 is 0 Å². The van der Waals surface area contributed by atoms with E-state index < -0.39 is 0 Å². The van der Waals surface area contributed by atoms with Gasteiger partial charge in [0.2, 0.25) is 0 Å². The molecular weight excluding hydrogens is 300 g/mol. The molecule has 0 unspecified atom stereocenters. The van der Waals surface area contributed by atoms with Crippen molar-refractivity contribution >= 4 is 11.0 Å². The van der Waals surface area contributed by atoms with Crippen molar-refractivity contribution in [2.24, 2.45) is 0 Å². The van der Waals surface area contributed by atoms with Crippen LogP contribution in [0.4, 0.5) is 0 Å². The van der Waals surface area contributed by atoms with Crippen LogP contribution in [0.25, 0.3) is 22.2 Å². The fourth-order valence-corrected chi connectivity index (χ4v) is 2.65. The lowest BCUT2D eigenvalue weighted by molar-refractivity contribution is 0.747. The van der Waals surface area contributed by atoms with Crippen LogP contribution in [-0.2, 0) is 6.54 Å². The Hall–Kier alpha value is -3.34. The summed E-state index contributed by atoms with van der Waals surface area (Å²) in [6.07, 6.45) is 6.74. The Morgan fingerprint density at radius 2 is 1.58 bits per heavy atom. The van der Waals surface area contributed by atoms with E-state index in [0.29, 0.717) is 17.6 Å². The zero-order valence-electron chi connectivity index (χ0n) is 12.8. The van der Waals surface area contributed by atoms with Crippen molar-refractivity contribution in [2.45, 2.75) is 6.54 Å². The van der Waals surface area contributed by atoms with E-state index in [1.807, 2.05) is 36.4 Å². The number of fused-ring (bicyclic) bond motifs is 1. The maximum atomic E-state index is 12.5. The molecule has 0 spiro atoms. The van der Waals surface area contributed by atoms with Crippen LogP contribution in [-0.4, -0.2) is 19.5 Å². The van der Waals surface area contributed by atoms with Gasteiger partial charge in [-0.25, -0.2) is 9.97 Å². The number of aromatic nitrogens is 4. The van der Waals surface area contributed by atoms with Crippen molar-refractivity contribution in [1.29, 1.82) is 0 Å². The molecule has 0 N–H and O–H groups in total. The van der Waals surface area contributed by atoms with Gasteiger partial charge in [0, 0.05) is 18.6 Å². The van der Waals surface area contributed by atoms with E-state index in [9.17, 15) is 4.79 Å². The molecule has 0 aliphatic heterocycles. The molecule has 0 saturated heterocycles. The van der Waals surface area contributed by atoms with Gasteiger partial charge in [-0.05, 0) is 41.0 Å². The second-order valence-corrected chi connectivity index (χ2v) is 5.49. The van der Waals surface area contributed by atoms with Gasteiger partial charge in [0.15, 0.2) is 5.65 Å². The van der Waals surface area contributed by atoms with E-state index in [0.717, 1.165) is 16.7 Å². The van der Waals surface area contributed by atoms with Gasteiger partial charge in [0.25, 0.3) is 5.56 Å². The van der Waals surface area contributed by atoms with Gasteiger partial charge in [-0.15, -0.1) is 0 Å². The normalized spacial score (nSPS) is 10.8. The van der Waals surface area contributed by atoms with Crippen molar-refractivity contribution in [1.82, 2.24) is 19.5 Å². The minimum Gasteiger partial charge on any atom is -0.294 e. The Labute approximate surface area is 138 Å². The Morgan fingerprint density at radius 1 is 0.833 bits per heavy atom. The summed E-state index contributed by atoms with van der Waals surface area (Å²) in [7, 11) is 0. The second-order valence-electron chi connectivity index (χ2n) is 5.49. The first-order valence-corrected chi connectivity index (χ1v) is 7.61. The van der Waals surface area contributed by atoms with Crippen LogP contribution in [0.2, 0.25) is 0 Å². The molecule has 0 fully saturated rings. The molecule has 3 heterocycles. The molecule has 5 nitrogen and oxygen atoms in total. The van der Waals surface area contributed by atoms with Gasteiger partial charge in [-0.3, -0.25) is 14.3 Å². The fourth-order valence-electron chi connectivity index (χ4n) is 2.65. The molecule has 5 heteroatoms. The van der Waals surface area contributed by atoms with Crippen LogP contribution in [0.3, 0.4) is 0 Å². The average molecular weight is 314 g/mol. The summed E-state index contributed by atoms with van der Waals surface area (Å²) in [5.41, 5.74) is 3.68. The minimum absolute atomic E-state index is 0.0775. The summed E-state index contributed by atoms with van der Waals surface area (Å²) in [4.78, 5) is 24.9. The van der Waals surface area contributed by atoms with E-state index >= 15 is 0 Å². The quantitative estimate of drug-likeness (QED) is 0.583. The van der Waals surface area contributed by atoms with E-state index in [1.54, 1.807) is 41.6 Å². The first-order chi connectivity index (χ1) is 11.8. The third-order valence-electron chi connectivity index (χ3n) is 3.92. The molecule has 0 radical (unpaired) electrons. The van der Waals surface area contributed by atoms with E-state index in [-0.39, 0.29) is 5.56 Å². The molecule has 1 aromatic carbocycles. The molecule has 0 aliphatic carbocycles. The first-order valence-electron chi connectivity index (χ1n) is 7.61. The predicted molar refractivity (Wildman–Crippen MR) is 92.6 cm³/mol. The standard InChI is InChI=1S/C19H14N4O/c24-19-17-2-1-9-21-18(17)22-13-23(19)12-14-3-5-15(6-4-14)16-7-10-20-11-8-16/h1-11,13H,12H2. The summed E-state index contributed by atoms with van der Waals surface area (Å²) in [6, 6.07) is 15.6. The summed E-state index contributed by atoms with van der Waals surface area (Å²) >= 11 is 0. The first kappa shape index (κ1) is 14.3. The largest absolute Gasteiger partial charge is 0.294 e. The van der Waals surface area contributed by atoms with Gasteiger partial charge in [-0.2, -0.15) is 0 Å². The molecule has 4 aromatic rings. The van der Waals surface area contributed by atoms with Crippen molar-refractivity contribution in [3.05, 3.63) is 89.4 Å². The lowest BCUT2D eigenvalue weighted by Gasteiger charge is -2.07. The lowest BCUT2D eigenvalue weighted by atomic mass is 10.1. The highest BCUT2D eigenvalue weighted by atomic mass is 16.1. The number of hydrogen-bond acceptors (Lipinski definition) is 4. The molecule has 0 bridgehead atoms. The molecule has 3 aromatic heterocycles. The van der Waals surface area contributed by atoms with Crippen LogP contribution in [0.5, 0.6) is 0 Å². The SMILES string of the molecule is O=c1c2cccnc2ncn1Cc1ccc(-c2ccncc2)cc1. The Morgan fingerprint density at radius 3 is 2.38 bits per heavy atom. The van der Waals surface area contributed by atoms with Crippen LogP contribution >= 0.6 is 0 Å². The van der Waals surface area contributed by atoms with Crippen LogP contribution in [0, 0.1) is 0 Å². The molecule has 0 amide bonds. The van der Waals surface area contributed by atoms with Crippen molar-refractivity contribution in [2.75, 3.05) is 0 Å². The summed E-state index contributed by atoms with van der Waals surface area (Å²) in [5.74, 6) is 0. The van der Waals surface area contributed by atoms with Gasteiger partial charge < -0.3 is 0 Å². The summed E-state index contributed by atoms with van der Waals surface area (Å²) in [6.45, 7) is 0.479. The summed E-state index contributed by atoms with van der Waals surface area (Å²) < 4.78 is 1.60. The number of hydrogen-bond donors (Lipinski definition) is 0. The summed E-state index contributed by atoms with van der Waals surface area (Å²) in [5, 5.41) is 0.536. The number of pyridine rings is 2. The Bertz CT molecular complexity index is 1040. The minimum atomic E-state index is -0.0775. The molecule has 0 saturated carbocycles. The van der Waals surface area contributed by atoms with Crippen LogP contribution < -0.4 is 5.56 Å². The van der Waals surface area contributed by atoms with Crippen molar-refractivity contribution in [3.63, 3.8) is 0 Å². The maximum Gasteiger partial charge on any atom is 0.263 e. The van der Waals surface area contributed by atoms with E-state index in [4.69, 9.17) is 0 Å². The second kappa shape index (κ2) is 6.04.